The Labute approximate surface area is 154 Å². The van der Waals surface area contributed by atoms with E-state index in [1.54, 1.807) is 0 Å². The minimum Gasteiger partial charge on any atom is -0.372 e. The number of Topliss-reactive ketones (excluding diaryl/α,β-unsaturated/α-hetero) is 1. The molecule has 1 aromatic carbocycles. The molecule has 7 heteroatoms. The molecule has 0 unspecified atom stereocenters. The Hall–Kier alpha value is -1.73. The van der Waals surface area contributed by atoms with Gasteiger partial charge in [-0.15, -0.1) is 0 Å². The number of hydrogen-bond acceptors (Lipinski definition) is 5. The van der Waals surface area contributed by atoms with Crippen LogP contribution in [0.5, 0.6) is 0 Å². The van der Waals surface area contributed by atoms with E-state index in [0.717, 1.165) is 15.7 Å². The maximum Gasteiger partial charge on any atom is 0.242 e. The van der Waals surface area contributed by atoms with Crippen LogP contribution in [0.4, 0.5) is 5.69 Å². The number of carbonyl (C=O) groups excluding carboxylic acids is 3. The predicted octanol–water partition coefficient (Wildman–Crippen LogP) is 1.59. The molecule has 0 radical (unpaired) electrons. The molecule has 2 saturated heterocycles. The van der Waals surface area contributed by atoms with Gasteiger partial charge < -0.3 is 9.64 Å². The molecule has 6 nitrogen and oxygen atoms in total. The monoisotopic (exact) mass is 406 g/mol. The zero-order valence-corrected chi connectivity index (χ0v) is 15.6. The first kappa shape index (κ1) is 16.7. The molecular formula is C18H19BrN2O4. The number of imide groups is 1. The Bertz CT molecular complexity index is 773. The van der Waals surface area contributed by atoms with Gasteiger partial charge in [-0.25, -0.2) is 0 Å². The van der Waals surface area contributed by atoms with Gasteiger partial charge in [0.25, 0.3) is 0 Å². The number of morpholine rings is 1. The van der Waals surface area contributed by atoms with Crippen LogP contribution < -0.4 is 10.2 Å². The zero-order valence-electron chi connectivity index (χ0n) is 14.0. The number of nitrogens with zero attached hydrogens (tertiary/aromatic N) is 1. The lowest BCUT2D eigenvalue weighted by Crippen LogP contribution is -2.72. The predicted molar refractivity (Wildman–Crippen MR) is 94.2 cm³/mol. The number of anilines is 1. The normalized spacial score (nSPS) is 34.6. The molecule has 3 heterocycles. The summed E-state index contributed by atoms with van der Waals surface area (Å²) in [4.78, 5) is 39.7. The van der Waals surface area contributed by atoms with Crippen LogP contribution in [-0.2, 0) is 25.5 Å². The number of piperidine rings is 1. The Morgan fingerprint density at radius 3 is 2.76 bits per heavy atom. The average molecular weight is 407 g/mol. The average Bonchev–Trinajstić information content (AvgIpc) is 2.52. The summed E-state index contributed by atoms with van der Waals surface area (Å²) in [6, 6.07) is 5.46. The highest BCUT2D eigenvalue weighted by Crippen LogP contribution is 2.48. The number of ether oxygens (including phenoxy) is 1. The van der Waals surface area contributed by atoms with Crippen molar-refractivity contribution in [1.82, 2.24) is 5.32 Å². The Morgan fingerprint density at radius 1 is 1.28 bits per heavy atom. The second-order valence-corrected chi connectivity index (χ2v) is 8.06. The van der Waals surface area contributed by atoms with Gasteiger partial charge in [-0.1, -0.05) is 22.0 Å². The zero-order chi connectivity index (χ0) is 17.9. The lowest BCUT2D eigenvalue weighted by Gasteiger charge is -2.55. The van der Waals surface area contributed by atoms with E-state index in [0.29, 0.717) is 6.54 Å². The van der Waals surface area contributed by atoms with Crippen LogP contribution in [0.2, 0.25) is 0 Å². The molecule has 0 saturated carbocycles. The highest BCUT2D eigenvalue weighted by molar-refractivity contribution is 9.10. The van der Waals surface area contributed by atoms with E-state index < -0.39 is 23.3 Å². The number of benzene rings is 1. The molecule has 0 aromatic heterocycles. The van der Waals surface area contributed by atoms with Crippen LogP contribution in [0, 0.1) is 5.41 Å². The molecule has 2 fully saturated rings. The topological polar surface area (TPSA) is 75.7 Å². The van der Waals surface area contributed by atoms with Crippen LogP contribution in [0.15, 0.2) is 22.7 Å². The first-order valence-electron chi connectivity index (χ1n) is 8.41. The molecule has 1 aromatic rings. The summed E-state index contributed by atoms with van der Waals surface area (Å²) in [6.45, 7) is 4.47. The minimum atomic E-state index is -1.28. The van der Waals surface area contributed by atoms with Crippen LogP contribution in [0.1, 0.15) is 25.8 Å². The number of rotatable bonds is 0. The first-order chi connectivity index (χ1) is 11.8. The highest BCUT2D eigenvalue weighted by atomic mass is 79.9. The van der Waals surface area contributed by atoms with E-state index >= 15 is 0 Å². The van der Waals surface area contributed by atoms with Crippen molar-refractivity contribution >= 4 is 39.2 Å². The largest absolute Gasteiger partial charge is 0.372 e. The summed E-state index contributed by atoms with van der Waals surface area (Å²) in [5.74, 6) is -1.33. The van der Waals surface area contributed by atoms with E-state index in [1.807, 2.05) is 32.0 Å². The number of halogens is 1. The van der Waals surface area contributed by atoms with Crippen molar-refractivity contribution in [2.24, 2.45) is 5.41 Å². The van der Waals surface area contributed by atoms with E-state index in [2.05, 4.69) is 26.1 Å². The van der Waals surface area contributed by atoms with Crippen LogP contribution >= 0.6 is 15.9 Å². The van der Waals surface area contributed by atoms with Gasteiger partial charge in [0, 0.05) is 16.7 Å². The van der Waals surface area contributed by atoms with Crippen LogP contribution in [0.25, 0.3) is 0 Å². The molecular weight excluding hydrogens is 388 g/mol. The third kappa shape index (κ3) is 2.36. The molecule has 132 valence electrons. The number of ketones is 1. The van der Waals surface area contributed by atoms with Crippen molar-refractivity contribution in [2.45, 2.75) is 44.9 Å². The molecule has 3 aliphatic rings. The second kappa shape index (κ2) is 5.64. The van der Waals surface area contributed by atoms with E-state index in [4.69, 9.17) is 4.74 Å². The number of fused-ring (bicyclic) bond motifs is 4. The molecule has 1 spiro atoms. The number of nitrogens with one attached hydrogen (secondary N) is 1. The Kier molecular flexibility index (Phi) is 3.77. The summed E-state index contributed by atoms with van der Waals surface area (Å²) in [6.07, 6.45) is -0.295. The van der Waals surface area contributed by atoms with Crippen molar-refractivity contribution in [3.8, 4) is 0 Å². The minimum absolute atomic E-state index is 0.0170. The van der Waals surface area contributed by atoms with E-state index in [9.17, 15) is 14.4 Å². The van der Waals surface area contributed by atoms with Gasteiger partial charge in [0.15, 0.2) is 5.78 Å². The molecule has 0 aliphatic carbocycles. The van der Waals surface area contributed by atoms with Gasteiger partial charge in [0.1, 0.15) is 5.41 Å². The summed E-state index contributed by atoms with van der Waals surface area (Å²) in [5, 5.41) is 2.39. The molecule has 1 N–H and O–H groups in total. The van der Waals surface area contributed by atoms with Gasteiger partial charge in [-0.3, -0.25) is 19.7 Å². The summed E-state index contributed by atoms with van der Waals surface area (Å²) < 4.78 is 6.93. The molecule has 0 bridgehead atoms. The standard InChI is InChI=1S/C18H19BrN2O4/c1-9-8-21-13-5-12(19)4-3-11(13)7-18(16(21)10(2)25-9)14(22)6-15(23)20-17(18)24/h3-5,9-10,16H,6-8H2,1-2H3,(H,20,23,24)/t9-,10+,16-,18-/m1/s1. The van der Waals surface area contributed by atoms with Crippen molar-refractivity contribution in [3.05, 3.63) is 28.2 Å². The van der Waals surface area contributed by atoms with Gasteiger partial charge in [-0.05, 0) is 38.0 Å². The van der Waals surface area contributed by atoms with Gasteiger partial charge >= 0.3 is 0 Å². The third-order valence-corrected chi connectivity index (χ3v) is 5.98. The first-order valence-corrected chi connectivity index (χ1v) is 9.20. The van der Waals surface area contributed by atoms with Gasteiger partial charge in [0.2, 0.25) is 11.8 Å². The fourth-order valence-electron chi connectivity index (χ4n) is 4.59. The molecule has 4 rings (SSSR count). The SMILES string of the molecule is C[C@@H]1CN2c3cc(Br)ccc3C[C@@]3(C(=O)CC(=O)NC3=O)[C@H]2[C@H](C)O1. The summed E-state index contributed by atoms with van der Waals surface area (Å²) >= 11 is 3.51. The maximum atomic E-state index is 13.0. The van der Waals surface area contributed by atoms with Crippen molar-refractivity contribution in [3.63, 3.8) is 0 Å². The third-order valence-electron chi connectivity index (χ3n) is 5.49. The fraction of sp³-hybridized carbons (Fsp3) is 0.500. The fourth-order valence-corrected chi connectivity index (χ4v) is 4.94. The summed E-state index contributed by atoms with van der Waals surface area (Å²) in [5.41, 5.74) is 0.678. The Morgan fingerprint density at radius 2 is 2.04 bits per heavy atom. The quantitative estimate of drug-likeness (QED) is 0.522. The molecule has 25 heavy (non-hydrogen) atoms. The van der Waals surface area contributed by atoms with Gasteiger partial charge in [0.05, 0.1) is 24.7 Å². The van der Waals surface area contributed by atoms with Crippen molar-refractivity contribution < 1.29 is 19.1 Å². The highest BCUT2D eigenvalue weighted by Gasteiger charge is 2.62. The number of hydrogen-bond donors (Lipinski definition) is 1. The lowest BCUT2D eigenvalue weighted by atomic mass is 9.63. The second-order valence-electron chi connectivity index (χ2n) is 7.15. The molecule has 3 aliphatic heterocycles. The van der Waals surface area contributed by atoms with Gasteiger partial charge in [-0.2, -0.15) is 0 Å². The summed E-state index contributed by atoms with van der Waals surface area (Å²) in [7, 11) is 0. The van der Waals surface area contributed by atoms with Crippen molar-refractivity contribution in [2.75, 3.05) is 11.4 Å². The Balaban J connectivity index is 1.92. The lowest BCUT2D eigenvalue weighted by molar-refractivity contribution is -0.158. The van der Waals surface area contributed by atoms with Crippen LogP contribution in [-0.4, -0.2) is 42.4 Å². The van der Waals surface area contributed by atoms with E-state index in [1.165, 1.54) is 0 Å². The van der Waals surface area contributed by atoms with Crippen molar-refractivity contribution in [1.29, 1.82) is 0 Å². The number of carbonyl (C=O) groups is 3. The molecule has 2 amide bonds. The smallest absolute Gasteiger partial charge is 0.242 e. The number of amides is 2. The van der Waals surface area contributed by atoms with E-state index in [-0.39, 0.29) is 30.8 Å². The van der Waals surface area contributed by atoms with Crippen LogP contribution in [0.3, 0.4) is 0 Å². The maximum absolute atomic E-state index is 13.0. The molecule has 4 atom stereocenters.